The molecule has 7 nitrogen and oxygen atoms in total. The first-order valence-electron chi connectivity index (χ1n) is 4.55. The van der Waals surface area contributed by atoms with Crippen molar-refractivity contribution in [3.05, 3.63) is 47.7 Å². The minimum atomic E-state index is -1.52. The molecule has 0 aliphatic heterocycles. The quantitative estimate of drug-likeness (QED) is 0.630. The van der Waals surface area contributed by atoms with E-state index in [2.05, 4.69) is 0 Å². The topological polar surface area (TPSA) is 135 Å². The summed E-state index contributed by atoms with van der Waals surface area (Å²) < 4.78 is 0. The highest BCUT2D eigenvalue weighted by atomic mass is 16.4. The fourth-order valence-electron chi connectivity index (χ4n) is 1.06. The monoisotopic (exact) mass is 253 g/mol. The van der Waals surface area contributed by atoms with Gasteiger partial charge in [-0.05, 0) is 12.1 Å². The number of aliphatic carboxylic acids is 2. The molecule has 1 aromatic carbocycles. The molecule has 0 unspecified atom stereocenters. The maximum absolute atomic E-state index is 11.5. The van der Waals surface area contributed by atoms with Gasteiger partial charge in [-0.2, -0.15) is 0 Å². The van der Waals surface area contributed by atoms with Crippen LogP contribution in [-0.4, -0.2) is 33.5 Å². The molecule has 5 N–H and O–H groups in total. The molecule has 0 aliphatic carbocycles. The van der Waals surface area contributed by atoms with Crippen LogP contribution in [0.1, 0.15) is 10.4 Å². The van der Waals surface area contributed by atoms with Gasteiger partial charge in [0.1, 0.15) is 5.70 Å². The largest absolute Gasteiger partial charge is 0.478 e. The van der Waals surface area contributed by atoms with Crippen molar-refractivity contribution in [1.82, 2.24) is 5.32 Å². The normalized spacial score (nSPS) is 10.1. The van der Waals surface area contributed by atoms with Crippen LogP contribution in [0.15, 0.2) is 42.1 Å². The Morgan fingerprint density at radius 1 is 1.06 bits per heavy atom. The third kappa shape index (κ3) is 4.45. The van der Waals surface area contributed by atoms with Crippen molar-refractivity contribution < 1.29 is 30.1 Å². The lowest BCUT2D eigenvalue weighted by Gasteiger charge is -2.04. The van der Waals surface area contributed by atoms with Crippen molar-refractivity contribution in [2.75, 3.05) is 0 Å². The molecule has 0 saturated heterocycles. The molecule has 0 saturated carbocycles. The molecule has 0 heterocycles. The molecule has 0 radical (unpaired) electrons. The van der Waals surface area contributed by atoms with Gasteiger partial charge in [-0.25, -0.2) is 9.59 Å². The number of carboxylic acid groups (broad SMARTS) is 2. The van der Waals surface area contributed by atoms with Crippen LogP contribution in [0.25, 0.3) is 0 Å². The Hall–Kier alpha value is -2.67. The van der Waals surface area contributed by atoms with Crippen LogP contribution in [0.5, 0.6) is 0 Å². The zero-order valence-corrected chi connectivity index (χ0v) is 9.08. The summed E-state index contributed by atoms with van der Waals surface area (Å²) in [7, 11) is 0. The average Bonchev–Trinajstić information content (AvgIpc) is 2.28. The smallest absolute Gasteiger partial charge is 0.352 e. The molecule has 0 spiro atoms. The molecule has 1 rings (SSSR count). The Labute approximate surface area is 102 Å². The molecule has 1 aromatic rings. The molecule has 7 heteroatoms. The van der Waals surface area contributed by atoms with Crippen LogP contribution < -0.4 is 5.32 Å². The molecule has 1 amide bonds. The van der Waals surface area contributed by atoms with E-state index in [4.69, 9.17) is 10.2 Å². The lowest BCUT2D eigenvalue weighted by molar-refractivity contribution is -0.135. The number of nitrogens with one attached hydrogen (secondary N) is 1. The van der Waals surface area contributed by atoms with Gasteiger partial charge in [0.2, 0.25) is 0 Å². The van der Waals surface area contributed by atoms with E-state index in [0.29, 0.717) is 6.08 Å². The third-order valence-electron chi connectivity index (χ3n) is 1.78. The first kappa shape index (κ1) is 15.3. The summed E-state index contributed by atoms with van der Waals surface area (Å²) in [5.74, 6) is -3.65. The molecule has 96 valence electrons. The van der Waals surface area contributed by atoms with Crippen molar-refractivity contribution in [3.63, 3.8) is 0 Å². The lowest BCUT2D eigenvalue weighted by Crippen LogP contribution is -2.28. The van der Waals surface area contributed by atoms with Gasteiger partial charge in [0.15, 0.2) is 0 Å². The Balaban J connectivity index is 0.00000289. The number of carboxylic acids is 2. The highest BCUT2D eigenvalue weighted by Crippen LogP contribution is 2.00. The van der Waals surface area contributed by atoms with E-state index >= 15 is 0 Å². The van der Waals surface area contributed by atoms with Crippen LogP contribution >= 0.6 is 0 Å². The number of hydrogen-bond donors (Lipinski definition) is 3. The van der Waals surface area contributed by atoms with Gasteiger partial charge in [-0.3, -0.25) is 4.79 Å². The van der Waals surface area contributed by atoms with Crippen LogP contribution in [0.3, 0.4) is 0 Å². The molecular weight excluding hydrogens is 242 g/mol. The van der Waals surface area contributed by atoms with E-state index in [-0.39, 0.29) is 11.0 Å². The zero-order valence-electron chi connectivity index (χ0n) is 9.08. The molecule has 0 fully saturated rings. The van der Waals surface area contributed by atoms with Gasteiger partial charge >= 0.3 is 11.9 Å². The number of carbonyl (C=O) groups excluding carboxylic acids is 1. The summed E-state index contributed by atoms with van der Waals surface area (Å²) in [5, 5.41) is 19.1. The Kier molecular flexibility index (Phi) is 5.80. The van der Waals surface area contributed by atoms with Gasteiger partial charge in [-0.15, -0.1) is 0 Å². The highest BCUT2D eigenvalue weighted by Gasteiger charge is 2.14. The highest BCUT2D eigenvalue weighted by molar-refractivity contribution is 6.02. The summed E-state index contributed by atoms with van der Waals surface area (Å²) in [4.78, 5) is 32.5. The summed E-state index contributed by atoms with van der Waals surface area (Å²) in [6.45, 7) is 0. The second-order valence-corrected chi connectivity index (χ2v) is 3.02. The number of hydrogen-bond acceptors (Lipinski definition) is 3. The molecule has 18 heavy (non-hydrogen) atoms. The van der Waals surface area contributed by atoms with Gasteiger partial charge in [0.25, 0.3) is 5.91 Å². The second kappa shape index (κ2) is 6.81. The Morgan fingerprint density at radius 2 is 1.61 bits per heavy atom. The van der Waals surface area contributed by atoms with Crippen molar-refractivity contribution in [1.29, 1.82) is 0 Å². The summed E-state index contributed by atoms with van der Waals surface area (Å²) in [6, 6.07) is 7.87. The predicted octanol–water partition coefficient (Wildman–Crippen LogP) is -0.355. The van der Waals surface area contributed by atoms with Crippen LogP contribution in [0, 0.1) is 0 Å². The van der Waals surface area contributed by atoms with Crippen molar-refractivity contribution >= 4 is 17.8 Å². The van der Waals surface area contributed by atoms with Crippen molar-refractivity contribution in [3.8, 4) is 0 Å². The van der Waals surface area contributed by atoms with Crippen molar-refractivity contribution in [2.45, 2.75) is 0 Å². The van der Waals surface area contributed by atoms with Crippen LogP contribution in [0.4, 0.5) is 0 Å². The Bertz CT molecular complexity index is 480. The van der Waals surface area contributed by atoms with E-state index in [0.717, 1.165) is 0 Å². The van der Waals surface area contributed by atoms with Gasteiger partial charge in [0, 0.05) is 5.56 Å². The van der Waals surface area contributed by atoms with E-state index < -0.39 is 23.5 Å². The minimum Gasteiger partial charge on any atom is -0.478 e. The molecule has 0 bridgehead atoms. The standard InChI is InChI=1S/C11H9NO5.H2O/c13-9(14)6-8(11(16)17)12-10(15)7-4-2-1-3-5-7;/h1-6H,(H,12,15)(H,13,14)(H,16,17);1H2/b8-6-;. The van der Waals surface area contributed by atoms with Crippen LogP contribution in [-0.2, 0) is 9.59 Å². The van der Waals surface area contributed by atoms with Gasteiger partial charge < -0.3 is 21.0 Å². The van der Waals surface area contributed by atoms with E-state index in [1.165, 1.54) is 12.1 Å². The van der Waals surface area contributed by atoms with Gasteiger partial charge in [-0.1, -0.05) is 18.2 Å². The van der Waals surface area contributed by atoms with E-state index in [1.54, 1.807) is 18.2 Å². The summed E-state index contributed by atoms with van der Waals surface area (Å²) in [5.41, 5.74) is -0.448. The van der Waals surface area contributed by atoms with Gasteiger partial charge in [0.05, 0.1) is 6.08 Å². The molecule has 0 aromatic heterocycles. The minimum absolute atomic E-state index is 0. The van der Waals surface area contributed by atoms with Crippen molar-refractivity contribution in [2.24, 2.45) is 0 Å². The first-order chi connectivity index (χ1) is 8.00. The first-order valence-corrected chi connectivity index (χ1v) is 4.55. The zero-order chi connectivity index (χ0) is 12.8. The predicted molar refractivity (Wildman–Crippen MR) is 60.9 cm³/mol. The maximum atomic E-state index is 11.5. The summed E-state index contributed by atoms with van der Waals surface area (Å²) >= 11 is 0. The Morgan fingerprint density at radius 3 is 2.06 bits per heavy atom. The SMILES string of the molecule is O.O=C(O)/C=C(\NC(=O)c1ccccc1)C(=O)O. The number of benzene rings is 1. The van der Waals surface area contributed by atoms with Crippen LogP contribution in [0.2, 0.25) is 0 Å². The lowest BCUT2D eigenvalue weighted by atomic mass is 10.2. The van der Waals surface area contributed by atoms with E-state index in [1.807, 2.05) is 5.32 Å². The van der Waals surface area contributed by atoms with E-state index in [9.17, 15) is 14.4 Å². The number of carbonyl (C=O) groups is 3. The molecule has 0 aliphatic rings. The maximum Gasteiger partial charge on any atom is 0.352 e. The second-order valence-electron chi connectivity index (χ2n) is 3.02. The fraction of sp³-hybridized carbons (Fsp3) is 0. The number of amides is 1. The fourth-order valence-corrected chi connectivity index (χ4v) is 1.06. The summed E-state index contributed by atoms with van der Waals surface area (Å²) in [6.07, 6.45) is 0.420. The average molecular weight is 253 g/mol. The molecule has 0 atom stereocenters. The molecular formula is C11H11NO6. The third-order valence-corrected chi connectivity index (χ3v) is 1.78. The number of rotatable bonds is 4.